The van der Waals surface area contributed by atoms with Gasteiger partial charge in [-0.3, -0.25) is 4.79 Å². The molecule has 0 aliphatic heterocycles. The lowest BCUT2D eigenvalue weighted by Crippen LogP contribution is -2.14. The summed E-state index contributed by atoms with van der Waals surface area (Å²) in [6.45, 7) is 1.90. The van der Waals surface area contributed by atoms with Gasteiger partial charge in [-0.2, -0.15) is 18.3 Å². The first kappa shape index (κ1) is 21.9. The van der Waals surface area contributed by atoms with Crippen LogP contribution in [0.15, 0.2) is 66.4 Å². The van der Waals surface area contributed by atoms with Crippen molar-refractivity contribution in [3.05, 3.63) is 82.7 Å². The highest BCUT2D eigenvalue weighted by Gasteiger charge is 2.30. The highest BCUT2D eigenvalue weighted by molar-refractivity contribution is 7.09. The lowest BCUT2D eigenvalue weighted by molar-refractivity contribution is -0.137. The van der Waals surface area contributed by atoms with Crippen LogP contribution < -0.4 is 5.32 Å². The summed E-state index contributed by atoms with van der Waals surface area (Å²) in [4.78, 5) is 20.0. The number of carbonyl (C=O) groups is 1. The van der Waals surface area contributed by atoms with Crippen LogP contribution in [0.5, 0.6) is 0 Å². The fourth-order valence-electron chi connectivity index (χ4n) is 3.67. The van der Waals surface area contributed by atoms with Gasteiger partial charge in [-0.05, 0) is 48.9 Å². The number of rotatable bonds is 5. The van der Waals surface area contributed by atoms with Gasteiger partial charge >= 0.3 is 6.18 Å². The third-order valence-electron chi connectivity index (χ3n) is 5.34. The van der Waals surface area contributed by atoms with E-state index >= 15 is 0 Å². The molecule has 0 saturated carbocycles. The number of anilines is 1. The van der Waals surface area contributed by atoms with Crippen molar-refractivity contribution in [1.29, 1.82) is 0 Å². The van der Waals surface area contributed by atoms with Gasteiger partial charge in [0, 0.05) is 34.2 Å². The first-order valence-electron chi connectivity index (χ1n) is 10.3. The molecule has 5 aromatic rings. The molecule has 10 heteroatoms. The van der Waals surface area contributed by atoms with E-state index in [0.29, 0.717) is 11.4 Å². The quantitative estimate of drug-likeness (QED) is 0.324. The lowest BCUT2D eigenvalue weighted by atomic mass is 10.1. The van der Waals surface area contributed by atoms with Crippen molar-refractivity contribution in [3.8, 4) is 16.8 Å². The Labute approximate surface area is 196 Å². The predicted octanol–water partition coefficient (Wildman–Crippen LogP) is 5.99. The van der Waals surface area contributed by atoms with Crippen molar-refractivity contribution >= 4 is 33.8 Å². The zero-order valence-electron chi connectivity index (χ0n) is 17.8. The molecule has 1 amide bonds. The fourth-order valence-corrected chi connectivity index (χ4v) is 4.28. The van der Waals surface area contributed by atoms with Crippen molar-refractivity contribution in [2.75, 3.05) is 5.32 Å². The number of hydrogen-bond acceptors (Lipinski definition) is 4. The van der Waals surface area contributed by atoms with E-state index in [1.165, 1.54) is 28.2 Å². The van der Waals surface area contributed by atoms with Crippen molar-refractivity contribution in [3.63, 3.8) is 0 Å². The maximum absolute atomic E-state index is 12.8. The smallest absolute Gasteiger partial charge is 0.359 e. The van der Waals surface area contributed by atoms with E-state index in [4.69, 9.17) is 0 Å². The minimum absolute atomic E-state index is 0.160. The summed E-state index contributed by atoms with van der Waals surface area (Å²) < 4.78 is 40.0. The van der Waals surface area contributed by atoms with E-state index in [1.54, 1.807) is 18.6 Å². The molecule has 5 rings (SSSR count). The Morgan fingerprint density at radius 1 is 1.15 bits per heavy atom. The number of amides is 1. The molecule has 172 valence electrons. The van der Waals surface area contributed by atoms with Crippen LogP contribution in [0.1, 0.15) is 16.3 Å². The van der Waals surface area contributed by atoms with Gasteiger partial charge in [-0.1, -0.05) is 6.07 Å². The normalized spacial score (nSPS) is 11.8. The van der Waals surface area contributed by atoms with E-state index in [9.17, 15) is 18.0 Å². The second-order valence-corrected chi connectivity index (χ2v) is 8.83. The maximum Gasteiger partial charge on any atom is 0.416 e. The molecule has 6 nitrogen and oxygen atoms in total. The van der Waals surface area contributed by atoms with Gasteiger partial charge in [0.1, 0.15) is 0 Å². The average molecular weight is 482 g/mol. The molecule has 3 heterocycles. The number of nitrogens with one attached hydrogen (secondary N) is 2. The van der Waals surface area contributed by atoms with Crippen molar-refractivity contribution < 1.29 is 18.0 Å². The van der Waals surface area contributed by atoms with Gasteiger partial charge in [-0.25, -0.2) is 9.67 Å². The topological polar surface area (TPSA) is 75.6 Å². The predicted molar refractivity (Wildman–Crippen MR) is 125 cm³/mol. The van der Waals surface area contributed by atoms with Crippen LogP contribution in [-0.2, 0) is 17.4 Å². The minimum Gasteiger partial charge on any atom is -0.359 e. The molecule has 0 aliphatic carbocycles. The number of halogens is 3. The van der Waals surface area contributed by atoms with Gasteiger partial charge in [0.15, 0.2) is 0 Å². The number of thiazole rings is 1. The third-order valence-corrected chi connectivity index (χ3v) is 6.16. The van der Waals surface area contributed by atoms with Crippen LogP contribution in [-0.4, -0.2) is 25.7 Å². The summed E-state index contributed by atoms with van der Waals surface area (Å²) in [5, 5.41) is 10.8. The molecule has 0 aliphatic rings. The number of nitrogens with zero attached hydrogens (tertiary/aromatic N) is 3. The molecule has 0 radical (unpaired) electrons. The van der Waals surface area contributed by atoms with E-state index in [0.717, 1.165) is 44.9 Å². The number of hydrogen-bond donors (Lipinski definition) is 2. The van der Waals surface area contributed by atoms with Gasteiger partial charge in [0.05, 0.1) is 40.3 Å². The molecule has 0 atom stereocenters. The summed E-state index contributed by atoms with van der Waals surface area (Å²) >= 11 is 1.50. The van der Waals surface area contributed by atoms with E-state index in [-0.39, 0.29) is 12.3 Å². The fraction of sp³-hybridized carbons (Fsp3) is 0.125. The minimum atomic E-state index is -4.38. The first-order valence-corrected chi connectivity index (χ1v) is 11.2. The molecule has 0 unspecified atom stereocenters. The van der Waals surface area contributed by atoms with Crippen LogP contribution in [0.25, 0.3) is 27.7 Å². The van der Waals surface area contributed by atoms with Crippen molar-refractivity contribution in [2.24, 2.45) is 0 Å². The number of aromatic amines is 1. The summed E-state index contributed by atoms with van der Waals surface area (Å²) in [6.07, 6.45) is 0.945. The summed E-state index contributed by atoms with van der Waals surface area (Å²) in [5.74, 6) is -0.160. The lowest BCUT2D eigenvalue weighted by Gasteiger charge is -2.07. The maximum atomic E-state index is 12.8. The van der Waals surface area contributed by atoms with Crippen molar-refractivity contribution in [2.45, 2.75) is 19.5 Å². The van der Waals surface area contributed by atoms with Crippen LogP contribution in [0.3, 0.4) is 0 Å². The van der Waals surface area contributed by atoms with Crippen LogP contribution in [0.2, 0.25) is 0 Å². The largest absolute Gasteiger partial charge is 0.416 e. The zero-order chi connectivity index (χ0) is 23.9. The zero-order valence-corrected chi connectivity index (χ0v) is 18.7. The number of benzene rings is 2. The Bertz CT molecular complexity index is 1480. The summed E-state index contributed by atoms with van der Waals surface area (Å²) in [7, 11) is 0. The molecule has 34 heavy (non-hydrogen) atoms. The monoisotopic (exact) mass is 481 g/mol. The molecule has 2 aromatic carbocycles. The van der Waals surface area contributed by atoms with Gasteiger partial charge < -0.3 is 10.3 Å². The molecule has 0 fully saturated rings. The number of alkyl halides is 3. The molecule has 0 spiro atoms. The van der Waals surface area contributed by atoms with E-state index < -0.39 is 11.7 Å². The summed E-state index contributed by atoms with van der Waals surface area (Å²) in [5.41, 5.74) is 3.71. The Kier molecular flexibility index (Phi) is 5.45. The van der Waals surface area contributed by atoms with Crippen molar-refractivity contribution in [1.82, 2.24) is 19.7 Å². The Balaban J connectivity index is 1.37. The van der Waals surface area contributed by atoms with Gasteiger partial charge in [-0.15, -0.1) is 11.3 Å². The highest BCUT2D eigenvalue weighted by Crippen LogP contribution is 2.31. The van der Waals surface area contributed by atoms with E-state index in [2.05, 4.69) is 20.4 Å². The van der Waals surface area contributed by atoms with Gasteiger partial charge in [0.25, 0.3) is 0 Å². The Morgan fingerprint density at radius 3 is 2.65 bits per heavy atom. The van der Waals surface area contributed by atoms with Gasteiger partial charge in [0.2, 0.25) is 5.91 Å². The number of fused-ring (bicyclic) bond motifs is 1. The second-order valence-electron chi connectivity index (χ2n) is 7.76. The number of carbonyl (C=O) groups excluding carboxylic acids is 1. The molecule has 0 saturated heterocycles. The van der Waals surface area contributed by atoms with Crippen LogP contribution in [0.4, 0.5) is 18.9 Å². The first-order chi connectivity index (χ1) is 16.3. The van der Waals surface area contributed by atoms with E-state index in [1.807, 2.05) is 30.5 Å². The standard InChI is InChI=1S/C24H18F3N5OS/c1-14-30-18(13-34-14)9-23(33)31-22-11-28-21-7-2-15(8-20(21)22)16-10-29-32(12-16)19-5-3-17(4-6-19)24(25,26)27/h2-8,10-13,28H,9H2,1H3,(H,31,33). The third kappa shape index (κ3) is 4.44. The molecule has 0 bridgehead atoms. The molecule has 3 aromatic heterocycles. The molecular weight excluding hydrogens is 463 g/mol. The van der Waals surface area contributed by atoms with Crippen LogP contribution >= 0.6 is 11.3 Å². The number of H-pyrrole nitrogens is 1. The Hall–Kier alpha value is -3.92. The molecular formula is C24H18F3N5OS. The Morgan fingerprint density at radius 2 is 1.94 bits per heavy atom. The molecule has 2 N–H and O–H groups in total. The second kappa shape index (κ2) is 8.45. The summed E-state index contributed by atoms with van der Waals surface area (Å²) in [6, 6.07) is 10.6. The number of aromatic nitrogens is 4. The SMILES string of the molecule is Cc1nc(CC(=O)Nc2c[nH]c3ccc(-c4cnn(-c5ccc(C(F)(F)F)cc5)c4)cc23)cs1. The average Bonchev–Trinajstić information content (AvgIpc) is 3.54. The number of aryl methyl sites for hydroxylation is 1. The van der Waals surface area contributed by atoms with Crippen LogP contribution in [0, 0.1) is 6.92 Å². The highest BCUT2D eigenvalue weighted by atomic mass is 32.1.